The lowest BCUT2D eigenvalue weighted by Crippen LogP contribution is -2.54. The van der Waals surface area contributed by atoms with Crippen molar-refractivity contribution in [3.05, 3.63) is 0 Å². The highest BCUT2D eigenvalue weighted by Crippen LogP contribution is 2.20. The number of hydrazine groups is 1. The molecule has 5 nitrogen and oxygen atoms in total. The Hall–Kier alpha value is -0.200. The standard InChI is InChI=1S/C15H30N2O3/c1-12-5-3-6-13(2)17(12)16-9-14(18)10-19-11-15-7-4-8-20-15/h12-16,18H,3-11H2,1-2H3. The van der Waals surface area contributed by atoms with Crippen LogP contribution >= 0.6 is 0 Å². The number of hydrogen-bond donors (Lipinski definition) is 2. The molecular weight excluding hydrogens is 256 g/mol. The summed E-state index contributed by atoms with van der Waals surface area (Å²) in [6.07, 6.45) is 5.73. The Morgan fingerprint density at radius 2 is 2.00 bits per heavy atom. The van der Waals surface area contributed by atoms with Crippen LogP contribution in [0.2, 0.25) is 0 Å². The summed E-state index contributed by atoms with van der Waals surface area (Å²) in [4.78, 5) is 0. The fourth-order valence-corrected chi connectivity index (χ4v) is 3.11. The maximum Gasteiger partial charge on any atom is 0.0911 e. The van der Waals surface area contributed by atoms with Crippen LogP contribution in [-0.4, -0.2) is 60.8 Å². The zero-order valence-corrected chi connectivity index (χ0v) is 12.9. The summed E-state index contributed by atoms with van der Waals surface area (Å²) in [5.41, 5.74) is 3.37. The number of hydrogen-bond acceptors (Lipinski definition) is 5. The zero-order valence-electron chi connectivity index (χ0n) is 12.9. The zero-order chi connectivity index (χ0) is 14.4. The van der Waals surface area contributed by atoms with E-state index >= 15 is 0 Å². The lowest BCUT2D eigenvalue weighted by molar-refractivity contribution is -0.0294. The van der Waals surface area contributed by atoms with Gasteiger partial charge >= 0.3 is 0 Å². The van der Waals surface area contributed by atoms with E-state index in [1.165, 1.54) is 19.3 Å². The van der Waals surface area contributed by atoms with E-state index in [4.69, 9.17) is 9.47 Å². The Kier molecular flexibility index (Phi) is 6.71. The van der Waals surface area contributed by atoms with Crippen molar-refractivity contribution in [2.45, 2.75) is 70.2 Å². The first kappa shape index (κ1) is 16.2. The van der Waals surface area contributed by atoms with Gasteiger partial charge in [0, 0.05) is 25.2 Å². The third-order valence-electron chi connectivity index (χ3n) is 4.34. The SMILES string of the molecule is CC1CCCC(C)N1NCC(O)COCC1CCCO1. The van der Waals surface area contributed by atoms with E-state index in [1.54, 1.807) is 0 Å². The molecule has 5 heteroatoms. The van der Waals surface area contributed by atoms with Gasteiger partial charge in [-0.25, -0.2) is 5.01 Å². The number of rotatable bonds is 7. The van der Waals surface area contributed by atoms with Crippen molar-refractivity contribution < 1.29 is 14.6 Å². The predicted octanol–water partition coefficient (Wildman–Crippen LogP) is 1.31. The summed E-state index contributed by atoms with van der Waals surface area (Å²) in [6.45, 7) is 6.87. The summed E-state index contributed by atoms with van der Waals surface area (Å²) >= 11 is 0. The van der Waals surface area contributed by atoms with Crippen LogP contribution in [0.25, 0.3) is 0 Å². The highest BCUT2D eigenvalue weighted by Gasteiger charge is 2.24. The second-order valence-electron chi connectivity index (χ2n) is 6.22. The average molecular weight is 286 g/mol. The molecule has 2 rings (SSSR count). The molecule has 0 aromatic rings. The van der Waals surface area contributed by atoms with Gasteiger partial charge in [-0.2, -0.15) is 0 Å². The van der Waals surface area contributed by atoms with Gasteiger partial charge in [0.15, 0.2) is 0 Å². The first-order valence-corrected chi connectivity index (χ1v) is 8.06. The molecule has 0 aromatic carbocycles. The summed E-state index contributed by atoms with van der Waals surface area (Å²) in [5.74, 6) is 0. The number of nitrogens with one attached hydrogen (secondary N) is 1. The maximum atomic E-state index is 9.97. The normalized spacial score (nSPS) is 33.5. The third kappa shape index (κ3) is 4.97. The molecule has 20 heavy (non-hydrogen) atoms. The van der Waals surface area contributed by atoms with Gasteiger partial charge in [-0.05, 0) is 39.5 Å². The van der Waals surface area contributed by atoms with E-state index in [1.807, 2.05) is 0 Å². The Bertz CT molecular complexity index is 262. The number of piperidine rings is 1. The van der Waals surface area contributed by atoms with Crippen molar-refractivity contribution in [1.82, 2.24) is 10.4 Å². The van der Waals surface area contributed by atoms with Crippen molar-refractivity contribution in [3.8, 4) is 0 Å². The lowest BCUT2D eigenvalue weighted by Gasteiger charge is -2.39. The number of ether oxygens (including phenoxy) is 2. The molecule has 2 aliphatic heterocycles. The lowest BCUT2D eigenvalue weighted by atomic mass is 10.00. The molecular formula is C15H30N2O3. The van der Waals surface area contributed by atoms with E-state index in [0.717, 1.165) is 19.4 Å². The molecule has 4 atom stereocenters. The minimum atomic E-state index is -0.460. The van der Waals surface area contributed by atoms with Crippen LogP contribution in [0.5, 0.6) is 0 Å². The van der Waals surface area contributed by atoms with Crippen molar-refractivity contribution in [2.24, 2.45) is 0 Å². The molecule has 0 spiro atoms. The van der Waals surface area contributed by atoms with Crippen molar-refractivity contribution in [3.63, 3.8) is 0 Å². The van der Waals surface area contributed by atoms with Crippen LogP contribution in [0.15, 0.2) is 0 Å². The van der Waals surface area contributed by atoms with Gasteiger partial charge in [0.2, 0.25) is 0 Å². The minimum Gasteiger partial charge on any atom is -0.389 e. The fraction of sp³-hybridized carbons (Fsp3) is 1.00. The van der Waals surface area contributed by atoms with Gasteiger partial charge in [0.05, 0.1) is 25.4 Å². The largest absolute Gasteiger partial charge is 0.389 e. The van der Waals surface area contributed by atoms with Gasteiger partial charge in [0.25, 0.3) is 0 Å². The summed E-state index contributed by atoms with van der Waals surface area (Å²) < 4.78 is 11.0. The first-order valence-electron chi connectivity index (χ1n) is 8.06. The van der Waals surface area contributed by atoms with E-state index in [-0.39, 0.29) is 6.10 Å². The average Bonchev–Trinajstić information content (AvgIpc) is 2.91. The topological polar surface area (TPSA) is 54.0 Å². The smallest absolute Gasteiger partial charge is 0.0911 e. The molecule has 2 fully saturated rings. The Morgan fingerprint density at radius 1 is 1.25 bits per heavy atom. The predicted molar refractivity (Wildman–Crippen MR) is 78.4 cm³/mol. The Morgan fingerprint density at radius 3 is 2.65 bits per heavy atom. The van der Waals surface area contributed by atoms with Crippen LogP contribution in [0, 0.1) is 0 Å². The summed E-state index contributed by atoms with van der Waals surface area (Å²) in [6, 6.07) is 1.08. The second kappa shape index (κ2) is 8.29. The molecule has 0 saturated carbocycles. The Balaban J connectivity index is 1.57. The van der Waals surface area contributed by atoms with Gasteiger partial charge < -0.3 is 14.6 Å². The highest BCUT2D eigenvalue weighted by molar-refractivity contribution is 4.77. The molecule has 0 amide bonds. The van der Waals surface area contributed by atoms with Gasteiger partial charge in [-0.3, -0.25) is 5.43 Å². The minimum absolute atomic E-state index is 0.234. The van der Waals surface area contributed by atoms with Crippen LogP contribution in [0.4, 0.5) is 0 Å². The molecule has 0 bridgehead atoms. The third-order valence-corrected chi connectivity index (χ3v) is 4.34. The number of nitrogens with zero attached hydrogens (tertiary/aromatic N) is 1. The van der Waals surface area contributed by atoms with Gasteiger partial charge in [0.1, 0.15) is 0 Å². The summed E-state index contributed by atoms with van der Waals surface area (Å²) in [5, 5.41) is 12.3. The van der Waals surface area contributed by atoms with Gasteiger partial charge in [-0.1, -0.05) is 6.42 Å². The molecule has 2 heterocycles. The monoisotopic (exact) mass is 286 g/mol. The van der Waals surface area contributed by atoms with Crippen LogP contribution in [0.1, 0.15) is 46.0 Å². The van der Waals surface area contributed by atoms with Crippen LogP contribution < -0.4 is 5.43 Å². The van der Waals surface area contributed by atoms with Crippen LogP contribution in [-0.2, 0) is 9.47 Å². The van der Waals surface area contributed by atoms with E-state index in [9.17, 15) is 5.11 Å². The Labute approximate surface area is 122 Å². The maximum absolute atomic E-state index is 9.97. The van der Waals surface area contributed by atoms with Crippen molar-refractivity contribution in [2.75, 3.05) is 26.4 Å². The second-order valence-corrected chi connectivity index (χ2v) is 6.22. The van der Waals surface area contributed by atoms with Crippen LogP contribution in [0.3, 0.4) is 0 Å². The molecule has 0 aliphatic carbocycles. The quantitative estimate of drug-likeness (QED) is 0.739. The van der Waals surface area contributed by atoms with E-state index < -0.39 is 6.10 Å². The molecule has 4 unspecified atom stereocenters. The van der Waals surface area contributed by atoms with Crippen molar-refractivity contribution >= 4 is 0 Å². The highest BCUT2D eigenvalue weighted by atomic mass is 16.5. The molecule has 2 saturated heterocycles. The van der Waals surface area contributed by atoms with E-state index in [2.05, 4.69) is 24.3 Å². The van der Waals surface area contributed by atoms with Crippen molar-refractivity contribution in [1.29, 1.82) is 0 Å². The fourth-order valence-electron chi connectivity index (χ4n) is 3.11. The molecule has 2 N–H and O–H groups in total. The number of aliphatic hydroxyl groups is 1. The molecule has 0 aromatic heterocycles. The number of aliphatic hydroxyl groups excluding tert-OH is 1. The van der Waals surface area contributed by atoms with Gasteiger partial charge in [-0.15, -0.1) is 0 Å². The molecule has 2 aliphatic rings. The first-order chi connectivity index (χ1) is 9.66. The molecule has 118 valence electrons. The summed E-state index contributed by atoms with van der Waals surface area (Å²) in [7, 11) is 0. The molecule has 0 radical (unpaired) electrons. The van der Waals surface area contributed by atoms with E-state index in [0.29, 0.717) is 31.8 Å².